The van der Waals surface area contributed by atoms with E-state index in [1.807, 2.05) is 18.2 Å². The fourth-order valence-corrected chi connectivity index (χ4v) is 4.21. The highest BCUT2D eigenvalue weighted by molar-refractivity contribution is 7.99. The van der Waals surface area contributed by atoms with E-state index >= 15 is 0 Å². The molecule has 0 radical (unpaired) electrons. The molecule has 1 heterocycles. The van der Waals surface area contributed by atoms with Gasteiger partial charge in [-0.25, -0.2) is 13.6 Å². The standard InChI is InChI=1S/C15H19ClN4O3S2/c16-12-4-1-2-5-13(12)23-10-14-18-19-15(20(14)11-6-7-11)24-8-3-9-25(17,21)22/h1-2,4-5,11H,3,6-10H2,(H2,17,21,22). The minimum atomic E-state index is -3.42. The Morgan fingerprint density at radius 3 is 2.76 bits per heavy atom. The van der Waals surface area contributed by atoms with Gasteiger partial charge in [-0.2, -0.15) is 0 Å². The SMILES string of the molecule is NS(=O)(=O)CCCSc1nnc(COc2ccccc2Cl)n1C1CC1. The van der Waals surface area contributed by atoms with Crippen molar-refractivity contribution in [2.24, 2.45) is 5.14 Å². The second-order valence-electron chi connectivity index (χ2n) is 5.79. The van der Waals surface area contributed by atoms with E-state index in [1.54, 1.807) is 6.07 Å². The van der Waals surface area contributed by atoms with Gasteiger partial charge in [0, 0.05) is 11.8 Å². The van der Waals surface area contributed by atoms with Gasteiger partial charge in [-0.1, -0.05) is 35.5 Å². The first-order chi connectivity index (χ1) is 11.9. The molecule has 25 heavy (non-hydrogen) atoms. The first-order valence-corrected chi connectivity index (χ1v) is 11.0. The number of nitrogens with two attached hydrogens (primary N) is 1. The average Bonchev–Trinajstić information content (AvgIpc) is 3.31. The van der Waals surface area contributed by atoms with Crippen molar-refractivity contribution >= 4 is 33.4 Å². The fraction of sp³-hybridized carbons (Fsp3) is 0.467. The first-order valence-electron chi connectivity index (χ1n) is 7.88. The highest BCUT2D eigenvalue weighted by Crippen LogP contribution is 2.39. The highest BCUT2D eigenvalue weighted by Gasteiger charge is 2.29. The molecule has 0 amide bonds. The molecule has 1 aliphatic carbocycles. The summed E-state index contributed by atoms with van der Waals surface area (Å²) >= 11 is 7.59. The zero-order valence-electron chi connectivity index (χ0n) is 13.5. The number of primary sulfonamides is 1. The number of thioether (sulfide) groups is 1. The molecular formula is C15H19ClN4O3S2. The Kier molecular flexibility index (Phi) is 5.88. The number of para-hydroxylation sites is 1. The second kappa shape index (κ2) is 7.94. The van der Waals surface area contributed by atoms with E-state index in [2.05, 4.69) is 14.8 Å². The van der Waals surface area contributed by atoms with Crippen LogP contribution < -0.4 is 9.88 Å². The van der Waals surface area contributed by atoms with Crippen LogP contribution in [0.15, 0.2) is 29.4 Å². The van der Waals surface area contributed by atoms with E-state index in [-0.39, 0.29) is 12.4 Å². The van der Waals surface area contributed by atoms with Crippen molar-refractivity contribution in [1.82, 2.24) is 14.8 Å². The van der Waals surface area contributed by atoms with Crippen LogP contribution in [-0.4, -0.2) is 34.7 Å². The summed E-state index contributed by atoms with van der Waals surface area (Å²) < 4.78 is 29.8. The molecule has 7 nitrogen and oxygen atoms in total. The topological polar surface area (TPSA) is 100 Å². The Bertz CT molecular complexity index is 837. The number of ether oxygens (including phenoxy) is 1. The molecule has 0 unspecified atom stereocenters. The Morgan fingerprint density at radius 2 is 2.08 bits per heavy atom. The van der Waals surface area contributed by atoms with E-state index in [1.165, 1.54) is 11.8 Å². The van der Waals surface area contributed by atoms with Crippen molar-refractivity contribution in [2.45, 2.75) is 37.1 Å². The van der Waals surface area contributed by atoms with Crippen molar-refractivity contribution in [3.63, 3.8) is 0 Å². The predicted molar refractivity (Wildman–Crippen MR) is 97.4 cm³/mol. The summed E-state index contributed by atoms with van der Waals surface area (Å²) in [5, 5.41) is 14.8. The molecule has 0 saturated heterocycles. The Hall–Kier alpha value is -1.29. The maximum Gasteiger partial charge on any atom is 0.209 e. The van der Waals surface area contributed by atoms with Gasteiger partial charge in [0.05, 0.1) is 10.8 Å². The quantitative estimate of drug-likeness (QED) is 0.511. The monoisotopic (exact) mass is 402 g/mol. The molecule has 10 heteroatoms. The van der Waals surface area contributed by atoms with Gasteiger partial charge >= 0.3 is 0 Å². The normalized spacial score (nSPS) is 14.6. The van der Waals surface area contributed by atoms with Crippen LogP contribution in [0.3, 0.4) is 0 Å². The van der Waals surface area contributed by atoms with Crippen LogP contribution in [-0.2, 0) is 16.6 Å². The fourth-order valence-electron chi connectivity index (χ4n) is 2.33. The molecule has 0 bridgehead atoms. The van der Waals surface area contributed by atoms with Gasteiger partial charge in [0.1, 0.15) is 12.4 Å². The number of benzene rings is 1. The Labute approximate surface area is 156 Å². The van der Waals surface area contributed by atoms with Gasteiger partial charge in [0.25, 0.3) is 0 Å². The summed E-state index contributed by atoms with van der Waals surface area (Å²) in [5.74, 6) is 1.94. The zero-order chi connectivity index (χ0) is 17.9. The smallest absolute Gasteiger partial charge is 0.209 e. The van der Waals surface area contributed by atoms with Gasteiger partial charge in [0.15, 0.2) is 11.0 Å². The summed E-state index contributed by atoms with van der Waals surface area (Å²) in [4.78, 5) is 0. The summed E-state index contributed by atoms with van der Waals surface area (Å²) in [6.07, 6.45) is 2.65. The molecule has 2 N–H and O–H groups in total. The van der Waals surface area contributed by atoms with E-state index in [9.17, 15) is 8.42 Å². The lowest BCUT2D eigenvalue weighted by Crippen LogP contribution is -2.16. The van der Waals surface area contributed by atoms with Gasteiger partial charge in [-0.3, -0.25) is 0 Å². The van der Waals surface area contributed by atoms with Crippen molar-refractivity contribution in [3.05, 3.63) is 35.1 Å². The molecule has 1 aromatic heterocycles. The molecule has 2 aromatic rings. The summed E-state index contributed by atoms with van der Waals surface area (Å²) in [5.41, 5.74) is 0. The molecule has 1 fully saturated rings. The van der Waals surface area contributed by atoms with Crippen molar-refractivity contribution < 1.29 is 13.2 Å². The lowest BCUT2D eigenvalue weighted by atomic mass is 10.3. The third-order valence-corrected chi connectivity index (χ3v) is 5.84. The van der Waals surface area contributed by atoms with E-state index < -0.39 is 10.0 Å². The molecule has 3 rings (SSSR count). The molecule has 0 aliphatic heterocycles. The van der Waals surface area contributed by atoms with Crippen LogP contribution >= 0.6 is 23.4 Å². The number of halogens is 1. The maximum absolute atomic E-state index is 11.0. The molecule has 1 saturated carbocycles. The molecular weight excluding hydrogens is 384 g/mol. The van der Waals surface area contributed by atoms with E-state index in [0.29, 0.717) is 29.0 Å². The van der Waals surface area contributed by atoms with Crippen molar-refractivity contribution in [1.29, 1.82) is 0 Å². The van der Waals surface area contributed by atoms with Crippen molar-refractivity contribution in [2.75, 3.05) is 11.5 Å². The summed E-state index contributed by atoms with van der Waals surface area (Å²) in [7, 11) is -3.42. The van der Waals surface area contributed by atoms with Crippen LogP contribution in [0.2, 0.25) is 5.02 Å². The van der Waals surface area contributed by atoms with Crippen molar-refractivity contribution in [3.8, 4) is 5.75 Å². The molecule has 0 atom stereocenters. The average molecular weight is 403 g/mol. The Morgan fingerprint density at radius 1 is 1.32 bits per heavy atom. The summed E-state index contributed by atoms with van der Waals surface area (Å²) in [6, 6.07) is 7.68. The maximum atomic E-state index is 11.0. The molecule has 1 aliphatic rings. The van der Waals surface area contributed by atoms with Gasteiger partial charge < -0.3 is 9.30 Å². The minimum absolute atomic E-state index is 0.0277. The van der Waals surface area contributed by atoms with Gasteiger partial charge in [-0.15, -0.1) is 10.2 Å². The molecule has 136 valence electrons. The van der Waals surface area contributed by atoms with Crippen LogP contribution in [0.1, 0.15) is 31.1 Å². The number of nitrogens with zero attached hydrogens (tertiary/aromatic N) is 3. The van der Waals surface area contributed by atoms with E-state index in [0.717, 1.165) is 23.8 Å². The third-order valence-electron chi connectivity index (χ3n) is 3.64. The number of hydrogen-bond acceptors (Lipinski definition) is 6. The van der Waals surface area contributed by atoms with Crippen LogP contribution in [0.25, 0.3) is 0 Å². The molecule has 1 aromatic carbocycles. The predicted octanol–water partition coefficient (Wildman–Crippen LogP) is 2.62. The van der Waals surface area contributed by atoms with Gasteiger partial charge in [-0.05, 0) is 31.4 Å². The van der Waals surface area contributed by atoms with Crippen LogP contribution in [0.4, 0.5) is 0 Å². The lowest BCUT2D eigenvalue weighted by molar-refractivity contribution is 0.288. The van der Waals surface area contributed by atoms with Gasteiger partial charge in [0.2, 0.25) is 10.0 Å². The Balaban J connectivity index is 1.63. The zero-order valence-corrected chi connectivity index (χ0v) is 15.9. The lowest BCUT2D eigenvalue weighted by Gasteiger charge is -2.10. The van der Waals surface area contributed by atoms with Crippen LogP contribution in [0.5, 0.6) is 5.75 Å². The van der Waals surface area contributed by atoms with Crippen LogP contribution in [0, 0.1) is 0 Å². The second-order valence-corrected chi connectivity index (χ2v) is 8.99. The number of aromatic nitrogens is 3. The number of rotatable bonds is 9. The minimum Gasteiger partial charge on any atom is -0.484 e. The number of hydrogen-bond donors (Lipinski definition) is 1. The largest absolute Gasteiger partial charge is 0.484 e. The molecule has 0 spiro atoms. The first kappa shape index (κ1) is 18.5. The highest BCUT2D eigenvalue weighted by atomic mass is 35.5. The third kappa shape index (κ3) is 5.34. The van der Waals surface area contributed by atoms with E-state index in [4.69, 9.17) is 21.5 Å². The summed E-state index contributed by atoms with van der Waals surface area (Å²) in [6.45, 7) is 0.283. The number of sulfonamides is 1.